The highest BCUT2D eigenvalue weighted by atomic mass is 32.2. The number of piperidine rings is 1. The molecule has 0 spiro atoms. The number of anilines is 1. The highest BCUT2D eigenvalue weighted by Gasteiger charge is 2.38. The van der Waals surface area contributed by atoms with Gasteiger partial charge in [0.05, 0.1) is 9.79 Å². The minimum Gasteiger partial charge on any atom is -0.247 e. The maximum atomic E-state index is 13.8. The van der Waals surface area contributed by atoms with Crippen LogP contribution < -0.4 is 4.31 Å². The Hall–Kier alpha value is -2.75. The molecule has 7 nitrogen and oxygen atoms in total. The van der Waals surface area contributed by atoms with Gasteiger partial charge >= 0.3 is 0 Å². The molecule has 0 bridgehead atoms. The van der Waals surface area contributed by atoms with E-state index in [2.05, 4.69) is 4.98 Å². The number of sulfonamides is 2. The van der Waals surface area contributed by atoms with Gasteiger partial charge in [0.2, 0.25) is 10.0 Å². The monoisotopic (exact) mass is 499 g/mol. The summed E-state index contributed by atoms with van der Waals surface area (Å²) in [6.07, 6.45) is 3.14. The van der Waals surface area contributed by atoms with Gasteiger partial charge in [0.1, 0.15) is 5.82 Å². The first-order valence-electron chi connectivity index (χ1n) is 11.4. The van der Waals surface area contributed by atoms with Crippen LogP contribution in [0.5, 0.6) is 0 Å². The van der Waals surface area contributed by atoms with E-state index in [1.54, 1.807) is 67.7 Å². The Bertz CT molecular complexity index is 1330. The molecule has 180 valence electrons. The van der Waals surface area contributed by atoms with E-state index >= 15 is 0 Å². The summed E-state index contributed by atoms with van der Waals surface area (Å²) >= 11 is 0. The first kappa shape index (κ1) is 24.4. The first-order chi connectivity index (χ1) is 16.2. The van der Waals surface area contributed by atoms with Crippen LogP contribution >= 0.6 is 0 Å². The number of rotatable bonds is 7. The first-order valence-corrected chi connectivity index (χ1v) is 14.2. The zero-order valence-electron chi connectivity index (χ0n) is 19.3. The number of pyridine rings is 1. The van der Waals surface area contributed by atoms with Crippen LogP contribution in [-0.4, -0.2) is 45.3 Å². The summed E-state index contributed by atoms with van der Waals surface area (Å²) in [5.74, 6) is 0.335. The molecule has 1 saturated heterocycles. The Morgan fingerprint density at radius 3 is 2.15 bits per heavy atom. The zero-order valence-corrected chi connectivity index (χ0v) is 21.0. The average molecular weight is 500 g/mol. The largest absolute Gasteiger partial charge is 0.266 e. The van der Waals surface area contributed by atoms with Gasteiger partial charge in [-0.15, -0.1) is 0 Å². The minimum atomic E-state index is -3.89. The molecule has 0 atom stereocenters. The average Bonchev–Trinajstić information content (AvgIpc) is 2.85. The van der Waals surface area contributed by atoms with E-state index in [9.17, 15) is 16.8 Å². The summed E-state index contributed by atoms with van der Waals surface area (Å²) in [5, 5.41) is 0. The Morgan fingerprint density at radius 1 is 0.912 bits per heavy atom. The predicted octanol–water partition coefficient (Wildman–Crippen LogP) is 4.00. The number of hydrogen-bond donors (Lipinski definition) is 0. The van der Waals surface area contributed by atoms with Crippen LogP contribution in [0.3, 0.4) is 0 Å². The summed E-state index contributed by atoms with van der Waals surface area (Å²) in [4.78, 5) is 4.81. The molecular formula is C25H29N3O4S2. The smallest absolute Gasteiger partial charge is 0.247 e. The number of hydrogen-bond acceptors (Lipinski definition) is 5. The third-order valence-electron chi connectivity index (χ3n) is 6.23. The fourth-order valence-corrected chi connectivity index (χ4v) is 7.67. The van der Waals surface area contributed by atoms with Crippen molar-refractivity contribution in [2.45, 2.75) is 48.9 Å². The van der Waals surface area contributed by atoms with Gasteiger partial charge in [-0.2, -0.15) is 4.31 Å². The molecule has 0 aliphatic carbocycles. The Morgan fingerprint density at radius 2 is 1.56 bits per heavy atom. The SMILES string of the molecule is CCc1ccc(S(=O)(=O)N2CCC(N(c3ccccn3)S(=O)(=O)c3ccccc3C)CC2)cc1. The third-order valence-corrected chi connectivity index (χ3v) is 10.2. The minimum absolute atomic E-state index is 0.228. The van der Waals surface area contributed by atoms with Crippen LogP contribution in [0.1, 0.15) is 30.9 Å². The van der Waals surface area contributed by atoms with Gasteiger partial charge in [-0.25, -0.2) is 26.1 Å². The van der Waals surface area contributed by atoms with E-state index in [0.717, 1.165) is 12.0 Å². The molecule has 1 aliphatic heterocycles. The van der Waals surface area contributed by atoms with Crippen molar-refractivity contribution in [2.24, 2.45) is 0 Å². The molecule has 1 aliphatic rings. The summed E-state index contributed by atoms with van der Waals surface area (Å²) < 4.78 is 56.7. The van der Waals surface area contributed by atoms with E-state index in [4.69, 9.17) is 0 Å². The van der Waals surface area contributed by atoms with Gasteiger partial charge < -0.3 is 0 Å². The van der Waals surface area contributed by atoms with Crippen LogP contribution in [0.25, 0.3) is 0 Å². The van der Waals surface area contributed by atoms with Crippen LogP contribution in [0.4, 0.5) is 5.82 Å². The summed E-state index contributed by atoms with van der Waals surface area (Å²) in [7, 11) is -7.54. The lowest BCUT2D eigenvalue weighted by Crippen LogP contribution is -2.49. The van der Waals surface area contributed by atoms with Crippen molar-refractivity contribution in [3.05, 3.63) is 84.1 Å². The highest BCUT2D eigenvalue weighted by Crippen LogP contribution is 2.31. The second-order valence-electron chi connectivity index (χ2n) is 8.39. The highest BCUT2D eigenvalue weighted by molar-refractivity contribution is 7.93. The van der Waals surface area contributed by atoms with Crippen LogP contribution in [0, 0.1) is 6.92 Å². The van der Waals surface area contributed by atoms with Crippen LogP contribution in [0.15, 0.2) is 82.7 Å². The molecule has 1 fully saturated rings. The number of aryl methyl sites for hydroxylation is 2. The number of benzene rings is 2. The standard InChI is InChI=1S/C25H29N3O4S2/c1-3-21-11-13-23(14-12-21)33(29,30)27-18-15-22(16-19-27)28(25-10-6-7-17-26-25)34(31,32)24-9-5-4-8-20(24)2/h4-14,17,22H,3,15-16,18-19H2,1-2H3. The molecule has 1 aromatic heterocycles. The molecule has 34 heavy (non-hydrogen) atoms. The van der Waals surface area contributed by atoms with Crippen molar-refractivity contribution >= 4 is 25.9 Å². The molecule has 2 heterocycles. The Balaban J connectivity index is 1.61. The summed E-state index contributed by atoms with van der Waals surface area (Å²) in [6.45, 7) is 4.25. The van der Waals surface area contributed by atoms with Crippen molar-refractivity contribution in [2.75, 3.05) is 17.4 Å². The molecular weight excluding hydrogens is 470 g/mol. The van der Waals surface area contributed by atoms with E-state index in [1.807, 2.05) is 19.1 Å². The molecule has 9 heteroatoms. The lowest BCUT2D eigenvalue weighted by atomic mass is 10.1. The van der Waals surface area contributed by atoms with Crippen molar-refractivity contribution < 1.29 is 16.8 Å². The Labute approximate surface area is 202 Å². The summed E-state index contributed by atoms with van der Waals surface area (Å²) in [6, 6.07) is 18.6. The van der Waals surface area contributed by atoms with Gasteiger partial charge in [-0.1, -0.05) is 43.3 Å². The fraction of sp³-hybridized carbons (Fsp3) is 0.320. The van der Waals surface area contributed by atoms with Crippen molar-refractivity contribution in [1.29, 1.82) is 0 Å². The van der Waals surface area contributed by atoms with Crippen molar-refractivity contribution in [3.63, 3.8) is 0 Å². The normalized spacial score (nSPS) is 15.8. The quantitative estimate of drug-likeness (QED) is 0.490. The number of aromatic nitrogens is 1. The van der Waals surface area contributed by atoms with Crippen LogP contribution in [0.2, 0.25) is 0 Å². The van der Waals surface area contributed by atoms with Gasteiger partial charge in [0.25, 0.3) is 10.0 Å². The maximum Gasteiger partial charge on any atom is 0.266 e. The lowest BCUT2D eigenvalue weighted by Gasteiger charge is -2.38. The van der Waals surface area contributed by atoms with E-state index < -0.39 is 26.1 Å². The van der Waals surface area contributed by atoms with Gasteiger partial charge in [-0.3, -0.25) is 0 Å². The fourth-order valence-electron chi connectivity index (χ4n) is 4.31. The maximum absolute atomic E-state index is 13.8. The van der Waals surface area contributed by atoms with Gasteiger partial charge in [-0.05, 0) is 67.6 Å². The van der Waals surface area contributed by atoms with Gasteiger partial charge in [0.15, 0.2) is 0 Å². The predicted molar refractivity (Wildman–Crippen MR) is 133 cm³/mol. The Kier molecular flexibility index (Phi) is 7.06. The molecule has 0 radical (unpaired) electrons. The molecule has 0 saturated carbocycles. The summed E-state index contributed by atoms with van der Waals surface area (Å²) in [5.41, 5.74) is 1.73. The molecule has 2 aromatic carbocycles. The van der Waals surface area contributed by atoms with Crippen molar-refractivity contribution in [1.82, 2.24) is 9.29 Å². The van der Waals surface area contributed by atoms with Crippen LogP contribution in [-0.2, 0) is 26.5 Å². The third kappa shape index (κ3) is 4.73. The molecule has 0 N–H and O–H groups in total. The van der Waals surface area contributed by atoms with Gasteiger partial charge in [0, 0.05) is 25.3 Å². The van der Waals surface area contributed by atoms with E-state index in [1.165, 1.54) is 8.61 Å². The van der Waals surface area contributed by atoms with E-state index in [-0.39, 0.29) is 22.9 Å². The lowest BCUT2D eigenvalue weighted by molar-refractivity contribution is 0.320. The second-order valence-corrected chi connectivity index (χ2v) is 12.1. The second kappa shape index (κ2) is 9.85. The molecule has 3 aromatic rings. The zero-order chi connectivity index (χ0) is 24.3. The molecule has 4 rings (SSSR count). The molecule has 0 unspecified atom stereocenters. The topological polar surface area (TPSA) is 87.7 Å². The van der Waals surface area contributed by atoms with E-state index in [0.29, 0.717) is 24.2 Å². The van der Waals surface area contributed by atoms with Crippen molar-refractivity contribution in [3.8, 4) is 0 Å². The molecule has 0 amide bonds. The number of nitrogens with zero attached hydrogens (tertiary/aromatic N) is 3.